The van der Waals surface area contributed by atoms with Crippen molar-refractivity contribution < 1.29 is 23.5 Å². The highest BCUT2D eigenvalue weighted by Crippen LogP contribution is 2.22. The number of aromatic amines is 1. The maximum Gasteiger partial charge on any atom is 0.319 e. The van der Waals surface area contributed by atoms with E-state index in [1.807, 2.05) is 24.3 Å². The van der Waals surface area contributed by atoms with Gasteiger partial charge in [-0.25, -0.2) is 4.39 Å². The number of benzene rings is 2. The first kappa shape index (κ1) is 21.6. The quantitative estimate of drug-likeness (QED) is 0.417. The van der Waals surface area contributed by atoms with Gasteiger partial charge in [-0.2, -0.15) is 0 Å². The summed E-state index contributed by atoms with van der Waals surface area (Å²) in [7, 11) is 0. The number of rotatable bonds is 8. The highest BCUT2D eigenvalue weighted by molar-refractivity contribution is 8.01. The Morgan fingerprint density at radius 3 is 2.57 bits per heavy atom. The number of halogens is 1. The van der Waals surface area contributed by atoms with E-state index < -0.39 is 17.0 Å². The second kappa shape index (κ2) is 9.58. The van der Waals surface area contributed by atoms with E-state index in [1.54, 1.807) is 13.8 Å². The van der Waals surface area contributed by atoms with Gasteiger partial charge in [-0.05, 0) is 44.2 Å². The SMILES string of the molecule is Cc1[nH]c2ccccc2c1C(=O)COC(=O)[C@H](C)SCC(=O)Nc1ccc(F)cc1. The highest BCUT2D eigenvalue weighted by Gasteiger charge is 2.21. The van der Waals surface area contributed by atoms with Crippen LogP contribution in [-0.2, 0) is 14.3 Å². The summed E-state index contributed by atoms with van der Waals surface area (Å²) in [4.78, 5) is 39.9. The van der Waals surface area contributed by atoms with Crippen LogP contribution in [0, 0.1) is 12.7 Å². The van der Waals surface area contributed by atoms with Crippen LogP contribution in [0.5, 0.6) is 0 Å². The van der Waals surface area contributed by atoms with E-state index in [9.17, 15) is 18.8 Å². The zero-order valence-electron chi connectivity index (χ0n) is 16.5. The summed E-state index contributed by atoms with van der Waals surface area (Å²) in [5, 5.41) is 2.78. The summed E-state index contributed by atoms with van der Waals surface area (Å²) in [5.41, 5.74) is 2.55. The second-order valence-electron chi connectivity index (χ2n) is 6.71. The molecule has 0 aliphatic carbocycles. The molecule has 3 rings (SSSR count). The normalized spacial score (nSPS) is 11.8. The van der Waals surface area contributed by atoms with Gasteiger partial charge >= 0.3 is 5.97 Å². The van der Waals surface area contributed by atoms with Gasteiger partial charge in [0.05, 0.1) is 5.75 Å². The van der Waals surface area contributed by atoms with Crippen molar-refractivity contribution in [1.29, 1.82) is 0 Å². The molecule has 8 heteroatoms. The first-order chi connectivity index (χ1) is 14.3. The molecule has 6 nitrogen and oxygen atoms in total. The Hall–Kier alpha value is -3.13. The minimum Gasteiger partial charge on any atom is -0.456 e. The van der Waals surface area contributed by atoms with Gasteiger partial charge in [0.1, 0.15) is 11.1 Å². The van der Waals surface area contributed by atoms with Gasteiger partial charge < -0.3 is 15.0 Å². The molecule has 0 bridgehead atoms. The van der Waals surface area contributed by atoms with Crippen LogP contribution < -0.4 is 5.32 Å². The number of esters is 1. The van der Waals surface area contributed by atoms with Gasteiger partial charge in [-0.1, -0.05) is 18.2 Å². The molecular weight excluding hydrogens is 407 g/mol. The molecule has 1 heterocycles. The van der Waals surface area contributed by atoms with Crippen molar-refractivity contribution in [3.05, 3.63) is 65.6 Å². The van der Waals surface area contributed by atoms with Gasteiger partial charge in [-0.3, -0.25) is 14.4 Å². The lowest BCUT2D eigenvalue weighted by Crippen LogP contribution is -2.23. The molecule has 0 spiro atoms. The molecule has 2 aromatic carbocycles. The predicted octanol–water partition coefficient (Wildman–Crippen LogP) is 4.10. The van der Waals surface area contributed by atoms with E-state index in [4.69, 9.17) is 4.74 Å². The molecule has 0 aliphatic rings. The third kappa shape index (κ3) is 5.27. The topological polar surface area (TPSA) is 88.3 Å². The number of fused-ring (bicyclic) bond motifs is 1. The number of amides is 1. The number of nitrogens with one attached hydrogen (secondary N) is 2. The Balaban J connectivity index is 1.48. The highest BCUT2D eigenvalue weighted by atomic mass is 32.2. The predicted molar refractivity (Wildman–Crippen MR) is 115 cm³/mol. The average molecular weight is 428 g/mol. The fourth-order valence-corrected chi connectivity index (χ4v) is 3.64. The number of aryl methyl sites for hydroxylation is 1. The summed E-state index contributed by atoms with van der Waals surface area (Å²) in [6.45, 7) is 3.04. The van der Waals surface area contributed by atoms with Crippen LogP contribution >= 0.6 is 11.8 Å². The summed E-state index contributed by atoms with van der Waals surface area (Å²) >= 11 is 1.09. The smallest absolute Gasteiger partial charge is 0.319 e. The van der Waals surface area contributed by atoms with Crippen LogP contribution in [0.2, 0.25) is 0 Å². The number of para-hydroxylation sites is 1. The minimum absolute atomic E-state index is 0.0170. The largest absolute Gasteiger partial charge is 0.456 e. The number of ketones is 1. The molecule has 1 aromatic heterocycles. The molecule has 1 atom stereocenters. The van der Waals surface area contributed by atoms with E-state index in [-0.39, 0.29) is 24.1 Å². The zero-order chi connectivity index (χ0) is 21.7. The fraction of sp³-hybridized carbons (Fsp3) is 0.227. The number of hydrogen-bond acceptors (Lipinski definition) is 5. The molecule has 156 valence electrons. The second-order valence-corrected chi connectivity index (χ2v) is 8.04. The number of carbonyl (C=O) groups is 3. The lowest BCUT2D eigenvalue weighted by Gasteiger charge is -2.11. The molecule has 0 aliphatic heterocycles. The number of carbonyl (C=O) groups excluding carboxylic acids is 3. The van der Waals surface area contributed by atoms with Crippen molar-refractivity contribution in [1.82, 2.24) is 4.98 Å². The first-order valence-electron chi connectivity index (χ1n) is 9.29. The molecule has 0 saturated heterocycles. The number of thioether (sulfide) groups is 1. The average Bonchev–Trinajstić information content (AvgIpc) is 3.07. The minimum atomic E-state index is -0.624. The van der Waals surface area contributed by atoms with Crippen molar-refractivity contribution in [2.45, 2.75) is 19.1 Å². The molecule has 1 amide bonds. The van der Waals surface area contributed by atoms with E-state index >= 15 is 0 Å². The third-order valence-electron chi connectivity index (χ3n) is 4.44. The van der Waals surface area contributed by atoms with E-state index in [2.05, 4.69) is 10.3 Å². The number of Topliss-reactive ketones (excluding diaryl/α,β-unsaturated/α-hetero) is 1. The molecule has 0 saturated carbocycles. The molecule has 0 fully saturated rings. The molecule has 0 radical (unpaired) electrons. The van der Waals surface area contributed by atoms with Crippen molar-refractivity contribution in [3.8, 4) is 0 Å². The molecule has 0 unspecified atom stereocenters. The van der Waals surface area contributed by atoms with E-state index in [0.29, 0.717) is 11.3 Å². The van der Waals surface area contributed by atoms with Crippen LogP contribution in [0.15, 0.2) is 48.5 Å². The zero-order valence-corrected chi connectivity index (χ0v) is 17.3. The molecule has 3 aromatic rings. The van der Waals surface area contributed by atoms with Gasteiger partial charge in [0.15, 0.2) is 6.61 Å². The Labute approximate surface area is 177 Å². The van der Waals surface area contributed by atoms with Crippen LogP contribution in [0.3, 0.4) is 0 Å². The number of anilines is 1. The van der Waals surface area contributed by atoms with Crippen LogP contribution in [0.1, 0.15) is 23.0 Å². The molecular formula is C22H21FN2O4S. The Morgan fingerprint density at radius 1 is 1.13 bits per heavy atom. The first-order valence-corrected chi connectivity index (χ1v) is 10.3. The lowest BCUT2D eigenvalue weighted by atomic mass is 10.1. The summed E-state index contributed by atoms with van der Waals surface area (Å²) in [6.07, 6.45) is 0. The Morgan fingerprint density at radius 2 is 1.83 bits per heavy atom. The third-order valence-corrected chi connectivity index (χ3v) is 5.56. The van der Waals surface area contributed by atoms with Gasteiger partial charge in [-0.15, -0.1) is 11.8 Å². The molecule has 30 heavy (non-hydrogen) atoms. The van der Waals surface area contributed by atoms with Crippen molar-refractivity contribution in [3.63, 3.8) is 0 Å². The monoisotopic (exact) mass is 428 g/mol. The maximum atomic E-state index is 12.9. The van der Waals surface area contributed by atoms with Gasteiger partial charge in [0, 0.05) is 27.8 Å². The summed E-state index contributed by atoms with van der Waals surface area (Å²) in [5.74, 6) is -1.55. The van der Waals surface area contributed by atoms with E-state index in [1.165, 1.54) is 24.3 Å². The van der Waals surface area contributed by atoms with Crippen molar-refractivity contribution in [2.24, 2.45) is 0 Å². The summed E-state index contributed by atoms with van der Waals surface area (Å²) in [6, 6.07) is 12.8. The number of hydrogen-bond donors (Lipinski definition) is 2. The van der Waals surface area contributed by atoms with Gasteiger partial charge in [0.25, 0.3) is 0 Å². The number of ether oxygens (including phenoxy) is 1. The van der Waals surface area contributed by atoms with Crippen molar-refractivity contribution in [2.75, 3.05) is 17.7 Å². The molecule has 2 N–H and O–H groups in total. The van der Waals surface area contributed by atoms with Gasteiger partial charge in [0.2, 0.25) is 11.7 Å². The number of H-pyrrole nitrogens is 1. The van der Waals surface area contributed by atoms with Crippen LogP contribution in [0.25, 0.3) is 10.9 Å². The summed E-state index contributed by atoms with van der Waals surface area (Å²) < 4.78 is 18.1. The van der Waals surface area contributed by atoms with Crippen LogP contribution in [-0.4, -0.2) is 40.3 Å². The Kier molecular flexibility index (Phi) is 6.89. The maximum absolute atomic E-state index is 12.9. The standard InChI is InChI=1S/C22H21FN2O4S/c1-13-21(17-5-3-4-6-18(17)24-13)19(26)11-29-22(28)14(2)30-12-20(27)25-16-9-7-15(23)8-10-16/h3-10,14,24H,11-12H2,1-2H3,(H,25,27)/t14-/m0/s1. The number of aromatic nitrogens is 1. The van der Waals surface area contributed by atoms with Crippen molar-refractivity contribution >= 4 is 46.0 Å². The lowest BCUT2D eigenvalue weighted by molar-refractivity contribution is -0.141. The van der Waals surface area contributed by atoms with E-state index in [0.717, 1.165) is 28.4 Å². The van der Waals surface area contributed by atoms with Crippen LogP contribution in [0.4, 0.5) is 10.1 Å². The Bertz CT molecular complexity index is 1080. The fourth-order valence-electron chi connectivity index (χ4n) is 2.96.